The largest absolute Gasteiger partial charge is 0.457 e. The Kier molecular flexibility index (Phi) is 4.56. The second kappa shape index (κ2) is 6.17. The van der Waals surface area contributed by atoms with Gasteiger partial charge in [0.1, 0.15) is 17.3 Å². The molecule has 0 saturated heterocycles. The number of hydrogen-bond acceptors (Lipinski definition) is 2. The van der Waals surface area contributed by atoms with Crippen molar-refractivity contribution in [2.45, 2.75) is 13.5 Å². The monoisotopic (exact) mass is 323 g/mol. The van der Waals surface area contributed by atoms with Gasteiger partial charge in [-0.3, -0.25) is 0 Å². The maximum absolute atomic E-state index is 13.3. The minimum Gasteiger partial charge on any atom is -0.457 e. The van der Waals surface area contributed by atoms with E-state index in [1.807, 2.05) is 32.2 Å². The van der Waals surface area contributed by atoms with Crippen molar-refractivity contribution in [3.63, 3.8) is 0 Å². The van der Waals surface area contributed by atoms with Gasteiger partial charge in [-0.15, -0.1) is 0 Å². The lowest BCUT2D eigenvalue weighted by atomic mass is 10.2. The molecule has 0 amide bonds. The fourth-order valence-electron chi connectivity index (χ4n) is 1.82. The summed E-state index contributed by atoms with van der Waals surface area (Å²) in [5.74, 6) is 1.18. The molecule has 0 bridgehead atoms. The van der Waals surface area contributed by atoms with Crippen molar-refractivity contribution in [3.8, 4) is 11.5 Å². The van der Waals surface area contributed by atoms with E-state index in [4.69, 9.17) is 4.74 Å². The van der Waals surface area contributed by atoms with Crippen LogP contribution < -0.4 is 10.1 Å². The van der Waals surface area contributed by atoms with Gasteiger partial charge in [0.05, 0.1) is 0 Å². The van der Waals surface area contributed by atoms with Gasteiger partial charge in [0.2, 0.25) is 0 Å². The van der Waals surface area contributed by atoms with Crippen molar-refractivity contribution >= 4 is 15.9 Å². The summed E-state index contributed by atoms with van der Waals surface area (Å²) in [4.78, 5) is 0. The van der Waals surface area contributed by atoms with Crippen LogP contribution in [0.4, 0.5) is 4.39 Å². The van der Waals surface area contributed by atoms with Crippen LogP contribution in [0.5, 0.6) is 11.5 Å². The van der Waals surface area contributed by atoms with Crippen molar-refractivity contribution in [1.82, 2.24) is 5.32 Å². The van der Waals surface area contributed by atoms with E-state index in [9.17, 15) is 4.39 Å². The summed E-state index contributed by atoms with van der Waals surface area (Å²) in [5, 5.41) is 3.01. The van der Waals surface area contributed by atoms with E-state index in [1.165, 1.54) is 12.1 Å². The zero-order valence-corrected chi connectivity index (χ0v) is 12.4. The lowest BCUT2D eigenvalue weighted by Gasteiger charge is -2.13. The maximum Gasteiger partial charge on any atom is 0.132 e. The second-order valence-electron chi connectivity index (χ2n) is 4.29. The summed E-state index contributed by atoms with van der Waals surface area (Å²) in [7, 11) is 1.82. The molecular weight excluding hydrogens is 309 g/mol. The van der Waals surface area contributed by atoms with E-state index in [-0.39, 0.29) is 5.82 Å². The third kappa shape index (κ3) is 3.55. The number of hydrogen-bond donors (Lipinski definition) is 1. The zero-order chi connectivity index (χ0) is 13.8. The van der Waals surface area contributed by atoms with Gasteiger partial charge in [-0.25, -0.2) is 4.39 Å². The highest BCUT2D eigenvalue weighted by molar-refractivity contribution is 9.10. The maximum atomic E-state index is 13.3. The highest BCUT2D eigenvalue weighted by atomic mass is 79.9. The Morgan fingerprint density at radius 3 is 2.58 bits per heavy atom. The molecule has 0 fully saturated rings. The lowest BCUT2D eigenvalue weighted by molar-refractivity contribution is 0.468. The molecule has 19 heavy (non-hydrogen) atoms. The SMILES string of the molecule is CNCc1cc(F)ccc1Oc1ccc(Br)cc1C. The summed E-state index contributed by atoms with van der Waals surface area (Å²) < 4.78 is 20.1. The Morgan fingerprint density at radius 1 is 1.16 bits per heavy atom. The van der Waals surface area contributed by atoms with Crippen LogP contribution in [0.25, 0.3) is 0 Å². The first-order chi connectivity index (χ1) is 9.10. The minimum atomic E-state index is -0.259. The summed E-state index contributed by atoms with van der Waals surface area (Å²) >= 11 is 3.42. The number of aryl methyl sites for hydroxylation is 1. The fraction of sp³-hybridized carbons (Fsp3) is 0.200. The van der Waals surface area contributed by atoms with Crippen LogP contribution in [0, 0.1) is 12.7 Å². The molecule has 2 rings (SSSR count). The number of benzene rings is 2. The molecule has 2 nitrogen and oxygen atoms in total. The molecule has 1 N–H and O–H groups in total. The second-order valence-corrected chi connectivity index (χ2v) is 5.21. The van der Waals surface area contributed by atoms with Crippen molar-refractivity contribution in [1.29, 1.82) is 0 Å². The summed E-state index contributed by atoms with van der Waals surface area (Å²) in [6.07, 6.45) is 0. The molecule has 0 atom stereocenters. The van der Waals surface area contributed by atoms with E-state index in [0.717, 1.165) is 21.3 Å². The van der Waals surface area contributed by atoms with E-state index in [2.05, 4.69) is 21.2 Å². The van der Waals surface area contributed by atoms with Crippen LogP contribution in [0.3, 0.4) is 0 Å². The molecular formula is C15H15BrFNO. The number of rotatable bonds is 4. The van der Waals surface area contributed by atoms with Gasteiger partial charge in [0, 0.05) is 16.6 Å². The zero-order valence-electron chi connectivity index (χ0n) is 10.8. The molecule has 2 aromatic carbocycles. The molecule has 100 valence electrons. The van der Waals surface area contributed by atoms with Crippen LogP contribution in [-0.2, 0) is 6.54 Å². The summed E-state index contributed by atoms with van der Waals surface area (Å²) in [5.41, 5.74) is 1.82. The average molecular weight is 324 g/mol. The molecule has 0 aliphatic carbocycles. The molecule has 2 aromatic rings. The third-order valence-electron chi connectivity index (χ3n) is 2.75. The molecule has 0 aromatic heterocycles. The number of ether oxygens (including phenoxy) is 1. The van der Waals surface area contributed by atoms with E-state index in [1.54, 1.807) is 6.07 Å². The normalized spacial score (nSPS) is 10.5. The van der Waals surface area contributed by atoms with E-state index >= 15 is 0 Å². The Bertz CT molecular complexity index is 586. The third-order valence-corrected chi connectivity index (χ3v) is 3.24. The first-order valence-electron chi connectivity index (χ1n) is 5.97. The molecule has 0 spiro atoms. The van der Waals surface area contributed by atoms with Crippen molar-refractivity contribution < 1.29 is 9.13 Å². The molecule has 0 aliphatic rings. The lowest BCUT2D eigenvalue weighted by Crippen LogP contribution is -2.07. The van der Waals surface area contributed by atoms with Gasteiger partial charge in [-0.05, 0) is 55.9 Å². The average Bonchev–Trinajstić information content (AvgIpc) is 2.36. The van der Waals surface area contributed by atoms with Crippen molar-refractivity contribution in [2.75, 3.05) is 7.05 Å². The topological polar surface area (TPSA) is 21.3 Å². The Balaban J connectivity index is 2.32. The smallest absolute Gasteiger partial charge is 0.132 e. The van der Waals surface area contributed by atoms with Crippen LogP contribution in [0.15, 0.2) is 40.9 Å². The Hall–Kier alpha value is -1.39. The summed E-state index contributed by atoms with van der Waals surface area (Å²) in [6.45, 7) is 2.53. The van der Waals surface area contributed by atoms with Crippen LogP contribution in [0.2, 0.25) is 0 Å². The van der Waals surface area contributed by atoms with Crippen molar-refractivity contribution in [3.05, 3.63) is 57.8 Å². The molecule has 0 heterocycles. The standard InChI is InChI=1S/C15H15BrFNO/c1-10-7-12(16)3-5-14(10)19-15-6-4-13(17)8-11(15)9-18-2/h3-8,18H,9H2,1-2H3. The highest BCUT2D eigenvalue weighted by Crippen LogP contribution is 2.30. The van der Waals surface area contributed by atoms with Gasteiger partial charge >= 0.3 is 0 Å². The van der Waals surface area contributed by atoms with E-state index < -0.39 is 0 Å². The minimum absolute atomic E-state index is 0.259. The molecule has 4 heteroatoms. The highest BCUT2D eigenvalue weighted by Gasteiger charge is 2.08. The van der Waals surface area contributed by atoms with Gasteiger partial charge in [-0.1, -0.05) is 15.9 Å². The van der Waals surface area contributed by atoms with Gasteiger partial charge in [-0.2, -0.15) is 0 Å². The van der Waals surface area contributed by atoms with Crippen molar-refractivity contribution in [2.24, 2.45) is 0 Å². The van der Waals surface area contributed by atoms with E-state index in [0.29, 0.717) is 12.3 Å². The van der Waals surface area contributed by atoms with Gasteiger partial charge < -0.3 is 10.1 Å². The molecule has 0 saturated carbocycles. The predicted molar refractivity (Wildman–Crippen MR) is 78.1 cm³/mol. The fourth-order valence-corrected chi connectivity index (χ4v) is 2.30. The summed E-state index contributed by atoms with van der Waals surface area (Å²) in [6, 6.07) is 10.3. The predicted octanol–water partition coefficient (Wildman–Crippen LogP) is 4.41. The molecule has 0 aliphatic heterocycles. The molecule has 0 radical (unpaired) electrons. The number of nitrogens with one attached hydrogen (secondary N) is 1. The number of halogens is 2. The first kappa shape index (κ1) is 14.0. The Morgan fingerprint density at radius 2 is 1.89 bits per heavy atom. The first-order valence-corrected chi connectivity index (χ1v) is 6.76. The van der Waals surface area contributed by atoms with Crippen LogP contribution >= 0.6 is 15.9 Å². The van der Waals surface area contributed by atoms with Gasteiger partial charge in [0.25, 0.3) is 0 Å². The van der Waals surface area contributed by atoms with Gasteiger partial charge in [0.15, 0.2) is 0 Å². The molecule has 0 unspecified atom stereocenters. The van der Waals surface area contributed by atoms with Crippen LogP contribution in [-0.4, -0.2) is 7.05 Å². The quantitative estimate of drug-likeness (QED) is 0.899. The Labute approximate surface area is 120 Å². The van der Waals surface area contributed by atoms with Crippen LogP contribution in [0.1, 0.15) is 11.1 Å².